The molecule has 1 nitrogen and oxygen atoms in total. The summed E-state index contributed by atoms with van der Waals surface area (Å²) in [6, 6.07) is 0. The Morgan fingerprint density at radius 2 is 1.50 bits per heavy atom. The van der Waals surface area contributed by atoms with Crippen LogP contribution < -0.4 is 0 Å². The van der Waals surface area contributed by atoms with Crippen molar-refractivity contribution in [3.63, 3.8) is 0 Å². The van der Waals surface area contributed by atoms with E-state index >= 15 is 0 Å². The van der Waals surface area contributed by atoms with Gasteiger partial charge in [0, 0.05) is 6.92 Å². The molecule has 0 aliphatic rings. The van der Waals surface area contributed by atoms with Crippen molar-refractivity contribution in [1.29, 1.82) is 0 Å². The van der Waals surface area contributed by atoms with E-state index in [0.717, 1.165) is 6.92 Å². The Kier molecular flexibility index (Phi) is 6.99. The lowest BCUT2D eigenvalue weighted by molar-refractivity contribution is -0.00219. The Bertz CT molecular complexity index is 66.5. The molecule has 0 aromatic carbocycles. The summed E-state index contributed by atoms with van der Waals surface area (Å²) in [5.74, 6) is -2.55. The number of hydrogen-bond donors (Lipinski definition) is 0. The summed E-state index contributed by atoms with van der Waals surface area (Å²) in [5, 5.41) is 0. The maximum atomic E-state index is 11.9. The summed E-state index contributed by atoms with van der Waals surface area (Å²) in [7, 11) is 3.24. The maximum absolute atomic E-state index is 11.9. The molecular weight excluding hydrogens is 136 g/mol. The monoisotopic (exact) mass is 153 g/mol. The third-order valence-electron chi connectivity index (χ3n) is 0.594. The topological polar surface area (TPSA) is 3.24 Å². The van der Waals surface area contributed by atoms with E-state index in [9.17, 15) is 8.78 Å². The third kappa shape index (κ3) is 15.7. The molecule has 0 aromatic heterocycles. The van der Waals surface area contributed by atoms with Crippen LogP contribution in [0.25, 0.3) is 0 Å². The van der Waals surface area contributed by atoms with Crippen LogP contribution in [0.1, 0.15) is 20.8 Å². The molecule has 0 saturated heterocycles. The van der Waals surface area contributed by atoms with Gasteiger partial charge >= 0.3 is 0 Å². The van der Waals surface area contributed by atoms with Crippen molar-refractivity contribution in [2.24, 2.45) is 0 Å². The van der Waals surface area contributed by atoms with Gasteiger partial charge < -0.3 is 4.90 Å². The highest BCUT2D eigenvalue weighted by molar-refractivity contribution is 4.59. The van der Waals surface area contributed by atoms with Gasteiger partial charge in [-0.05, 0) is 14.1 Å². The molecule has 10 heavy (non-hydrogen) atoms. The SMILES string of the molecule is CC.CN(C)CC(C)(F)F. The molecule has 0 amide bonds. The first-order valence-corrected chi connectivity index (χ1v) is 3.44. The van der Waals surface area contributed by atoms with Gasteiger partial charge in [0.05, 0.1) is 6.54 Å². The Morgan fingerprint density at radius 3 is 1.50 bits per heavy atom. The van der Waals surface area contributed by atoms with Crippen molar-refractivity contribution in [3.05, 3.63) is 0 Å². The van der Waals surface area contributed by atoms with E-state index in [-0.39, 0.29) is 6.54 Å². The number of alkyl halides is 2. The zero-order valence-corrected chi connectivity index (χ0v) is 7.41. The molecule has 3 heteroatoms. The zero-order chi connectivity index (χ0) is 8.78. The average molecular weight is 153 g/mol. The van der Waals surface area contributed by atoms with Gasteiger partial charge in [-0.2, -0.15) is 0 Å². The number of rotatable bonds is 2. The fourth-order valence-electron chi connectivity index (χ4n) is 0.555. The lowest BCUT2D eigenvalue weighted by atomic mass is 10.4. The first-order chi connectivity index (χ1) is 4.42. The average Bonchev–Trinajstić information content (AvgIpc) is 1.64. The van der Waals surface area contributed by atoms with E-state index < -0.39 is 5.92 Å². The minimum Gasteiger partial charge on any atom is -0.304 e. The molecule has 0 aromatic rings. The van der Waals surface area contributed by atoms with Crippen molar-refractivity contribution in [1.82, 2.24) is 4.90 Å². The van der Waals surface area contributed by atoms with Gasteiger partial charge in [-0.3, -0.25) is 0 Å². The van der Waals surface area contributed by atoms with E-state index in [0.29, 0.717) is 0 Å². The van der Waals surface area contributed by atoms with Gasteiger partial charge in [0.25, 0.3) is 5.92 Å². The van der Waals surface area contributed by atoms with Gasteiger partial charge in [-0.15, -0.1) is 0 Å². The number of nitrogens with zero attached hydrogens (tertiary/aromatic N) is 1. The first kappa shape index (κ1) is 12.5. The predicted molar refractivity (Wildman–Crippen MR) is 40.5 cm³/mol. The van der Waals surface area contributed by atoms with E-state index in [2.05, 4.69) is 0 Å². The molecular formula is C7H17F2N. The van der Waals surface area contributed by atoms with Crippen molar-refractivity contribution in [2.45, 2.75) is 26.7 Å². The molecule has 0 unspecified atom stereocenters. The zero-order valence-electron chi connectivity index (χ0n) is 7.41. The van der Waals surface area contributed by atoms with Gasteiger partial charge in [0.1, 0.15) is 0 Å². The fraction of sp³-hybridized carbons (Fsp3) is 1.00. The molecule has 0 N–H and O–H groups in total. The van der Waals surface area contributed by atoms with Crippen LogP contribution in [0.3, 0.4) is 0 Å². The predicted octanol–water partition coefficient (Wildman–Crippen LogP) is 2.23. The Balaban J connectivity index is 0. The minimum atomic E-state index is -2.55. The normalized spacial score (nSPS) is 10.8. The van der Waals surface area contributed by atoms with Gasteiger partial charge in [-0.25, -0.2) is 8.78 Å². The highest BCUT2D eigenvalue weighted by atomic mass is 19.3. The molecule has 0 saturated carbocycles. The lowest BCUT2D eigenvalue weighted by Crippen LogP contribution is -2.28. The van der Waals surface area contributed by atoms with Gasteiger partial charge in [0.15, 0.2) is 0 Å². The second-order valence-corrected chi connectivity index (χ2v) is 2.31. The highest BCUT2D eigenvalue weighted by Gasteiger charge is 2.20. The summed E-state index contributed by atoms with van der Waals surface area (Å²) in [6.45, 7) is 4.74. The maximum Gasteiger partial charge on any atom is 0.257 e. The van der Waals surface area contributed by atoms with Crippen LogP contribution in [-0.4, -0.2) is 31.5 Å². The second kappa shape index (κ2) is 5.59. The third-order valence-corrected chi connectivity index (χ3v) is 0.594. The van der Waals surface area contributed by atoms with Crippen molar-refractivity contribution < 1.29 is 8.78 Å². The second-order valence-electron chi connectivity index (χ2n) is 2.31. The fourth-order valence-corrected chi connectivity index (χ4v) is 0.555. The summed E-state index contributed by atoms with van der Waals surface area (Å²) < 4.78 is 23.9. The van der Waals surface area contributed by atoms with Crippen LogP contribution in [0, 0.1) is 0 Å². The molecule has 0 aliphatic heterocycles. The Morgan fingerprint density at radius 1 is 1.20 bits per heavy atom. The van der Waals surface area contributed by atoms with Crippen LogP contribution >= 0.6 is 0 Å². The molecule has 0 heterocycles. The van der Waals surface area contributed by atoms with Gasteiger partial charge in [0.2, 0.25) is 0 Å². The molecule has 0 bridgehead atoms. The van der Waals surface area contributed by atoms with Crippen molar-refractivity contribution in [2.75, 3.05) is 20.6 Å². The quantitative estimate of drug-likeness (QED) is 0.588. The van der Waals surface area contributed by atoms with Crippen LogP contribution in [0.15, 0.2) is 0 Å². The van der Waals surface area contributed by atoms with E-state index in [1.165, 1.54) is 4.90 Å². The van der Waals surface area contributed by atoms with Crippen LogP contribution in [0.4, 0.5) is 8.78 Å². The standard InChI is InChI=1S/C5H11F2N.C2H6/c1-5(6,7)4-8(2)3;1-2/h4H2,1-3H3;1-2H3. The summed E-state index contributed by atoms with van der Waals surface area (Å²) in [4.78, 5) is 1.46. The molecule has 0 aliphatic carbocycles. The molecule has 0 atom stereocenters. The molecule has 0 fully saturated rings. The molecule has 64 valence electrons. The molecule has 0 spiro atoms. The first-order valence-electron chi connectivity index (χ1n) is 3.44. The Hall–Kier alpha value is -0.180. The van der Waals surface area contributed by atoms with Crippen LogP contribution in [0.5, 0.6) is 0 Å². The smallest absolute Gasteiger partial charge is 0.257 e. The van der Waals surface area contributed by atoms with Crippen LogP contribution in [0.2, 0.25) is 0 Å². The van der Waals surface area contributed by atoms with E-state index in [1.54, 1.807) is 14.1 Å². The van der Waals surface area contributed by atoms with Crippen molar-refractivity contribution >= 4 is 0 Å². The van der Waals surface area contributed by atoms with Crippen LogP contribution in [-0.2, 0) is 0 Å². The van der Waals surface area contributed by atoms with E-state index in [4.69, 9.17) is 0 Å². The number of halogens is 2. The minimum absolute atomic E-state index is 0.174. The molecule has 0 radical (unpaired) electrons. The van der Waals surface area contributed by atoms with Crippen molar-refractivity contribution in [3.8, 4) is 0 Å². The summed E-state index contributed by atoms with van der Waals surface area (Å²) in [6.07, 6.45) is 0. The van der Waals surface area contributed by atoms with E-state index in [1.807, 2.05) is 13.8 Å². The largest absolute Gasteiger partial charge is 0.304 e. The highest BCUT2D eigenvalue weighted by Crippen LogP contribution is 2.10. The Labute approximate surface area is 62.0 Å². The number of hydrogen-bond acceptors (Lipinski definition) is 1. The summed E-state index contributed by atoms with van der Waals surface area (Å²) in [5.41, 5.74) is 0. The lowest BCUT2D eigenvalue weighted by Gasteiger charge is -2.14. The molecule has 0 rings (SSSR count). The summed E-state index contributed by atoms with van der Waals surface area (Å²) >= 11 is 0. The van der Waals surface area contributed by atoms with Gasteiger partial charge in [-0.1, -0.05) is 13.8 Å².